The maximum absolute atomic E-state index is 15.1. The Kier molecular flexibility index (Phi) is 12.1. The third kappa shape index (κ3) is 9.35. The molecule has 0 spiro atoms. The number of primary amides is 1. The second kappa shape index (κ2) is 16.4. The molecule has 2 unspecified atom stereocenters. The van der Waals surface area contributed by atoms with Gasteiger partial charge in [0.15, 0.2) is 11.6 Å². The van der Waals surface area contributed by atoms with Gasteiger partial charge < -0.3 is 20.9 Å². The minimum atomic E-state index is -1.51. The Morgan fingerprint density at radius 2 is 1.36 bits per heavy atom. The molecule has 0 radical (unpaired) electrons. The van der Waals surface area contributed by atoms with E-state index < -0.39 is 58.6 Å². The van der Waals surface area contributed by atoms with Crippen LogP contribution >= 0.6 is 0 Å². The van der Waals surface area contributed by atoms with E-state index in [1.807, 2.05) is 105 Å². The van der Waals surface area contributed by atoms with Crippen LogP contribution in [-0.2, 0) is 38.4 Å². The molecule has 10 heteroatoms. The zero-order valence-corrected chi connectivity index (χ0v) is 31.3. The highest BCUT2D eigenvalue weighted by atomic mass is 16.6. The van der Waals surface area contributed by atoms with Crippen molar-refractivity contribution >= 4 is 36.0 Å². The third-order valence-electron chi connectivity index (χ3n) is 10.1. The summed E-state index contributed by atoms with van der Waals surface area (Å²) in [5.41, 5.74) is 4.70. The van der Waals surface area contributed by atoms with Crippen molar-refractivity contribution in [2.45, 2.75) is 95.5 Å². The average Bonchev–Trinajstić information content (AvgIpc) is 3.58. The van der Waals surface area contributed by atoms with Crippen LogP contribution in [0.15, 0.2) is 101 Å². The first-order chi connectivity index (χ1) is 25.1. The van der Waals surface area contributed by atoms with Crippen molar-refractivity contribution in [3.05, 3.63) is 108 Å². The second-order valence-corrected chi connectivity index (χ2v) is 15.9. The number of ketones is 2. The number of nitrogens with zero attached hydrogens (tertiary/aromatic N) is 2. The van der Waals surface area contributed by atoms with Crippen LogP contribution in [0.2, 0.25) is 0 Å². The quantitative estimate of drug-likeness (QED) is 0.187. The van der Waals surface area contributed by atoms with Gasteiger partial charge in [-0.2, -0.15) is 0 Å². The fraction of sp³-hybridized carbons (Fsp3) is 0.442. The van der Waals surface area contributed by atoms with Crippen molar-refractivity contribution in [3.63, 3.8) is 0 Å². The van der Waals surface area contributed by atoms with Crippen molar-refractivity contribution in [3.8, 4) is 0 Å². The molecule has 0 bridgehead atoms. The van der Waals surface area contributed by atoms with Crippen LogP contribution in [0.25, 0.3) is 0 Å². The number of benzene rings is 3. The lowest BCUT2D eigenvalue weighted by atomic mass is 9.67. The first-order valence-electron chi connectivity index (χ1n) is 18.4. The summed E-state index contributed by atoms with van der Waals surface area (Å²) in [6, 6.07) is 27.4. The first-order valence-corrected chi connectivity index (χ1v) is 18.4. The normalized spacial score (nSPS) is 24.3. The van der Waals surface area contributed by atoms with Crippen LogP contribution in [0.5, 0.6) is 0 Å². The van der Waals surface area contributed by atoms with Crippen LogP contribution in [-0.4, -0.2) is 69.9 Å². The van der Waals surface area contributed by atoms with Gasteiger partial charge in [0.05, 0.1) is 29.9 Å². The maximum Gasteiger partial charge on any atom is 0.407 e. The zero-order valence-electron chi connectivity index (χ0n) is 31.3. The molecule has 0 fully saturated rings. The molecule has 0 aromatic heterocycles. The summed E-state index contributed by atoms with van der Waals surface area (Å²) in [5.74, 6) is -4.16. The van der Waals surface area contributed by atoms with Crippen LogP contribution < -0.4 is 11.1 Å². The molecule has 10 nitrogen and oxygen atoms in total. The smallest absolute Gasteiger partial charge is 0.407 e. The zero-order chi connectivity index (χ0) is 38.4. The van der Waals surface area contributed by atoms with E-state index in [2.05, 4.69) is 5.32 Å². The summed E-state index contributed by atoms with van der Waals surface area (Å²) in [4.78, 5) is 65.5. The molecule has 0 saturated carbocycles. The lowest BCUT2D eigenvalue weighted by Crippen LogP contribution is -2.55. The molecule has 280 valence electrons. The van der Waals surface area contributed by atoms with Crippen molar-refractivity contribution in [2.75, 3.05) is 0 Å². The molecular formula is C43H52N4O6. The minimum absolute atomic E-state index is 0.0415. The number of carbonyl (C=O) groups is 4. The van der Waals surface area contributed by atoms with Crippen molar-refractivity contribution < 1.29 is 29.0 Å². The van der Waals surface area contributed by atoms with Gasteiger partial charge in [0.25, 0.3) is 0 Å². The number of aliphatic hydroxyl groups excluding tert-OH is 1. The molecule has 4 N–H and O–H groups in total. The average molecular weight is 721 g/mol. The number of aliphatic hydroxyl groups is 1. The maximum atomic E-state index is 15.1. The number of rotatable bonds is 15. The Morgan fingerprint density at radius 1 is 0.811 bits per heavy atom. The number of amides is 2. The largest absolute Gasteiger partial charge is 0.444 e. The van der Waals surface area contributed by atoms with E-state index in [4.69, 9.17) is 20.5 Å². The summed E-state index contributed by atoms with van der Waals surface area (Å²) in [5, 5.41) is 14.9. The summed E-state index contributed by atoms with van der Waals surface area (Å²) >= 11 is 0. The number of hydrogen-bond donors (Lipinski definition) is 3. The molecule has 2 amide bonds. The van der Waals surface area contributed by atoms with Crippen molar-refractivity contribution in [1.82, 2.24) is 5.32 Å². The topological polar surface area (TPSA) is 161 Å². The number of alkyl carbamates (subject to hydrolysis) is 1. The Balaban J connectivity index is 1.49. The van der Waals surface area contributed by atoms with E-state index in [0.717, 1.165) is 16.7 Å². The third-order valence-corrected chi connectivity index (χ3v) is 10.1. The van der Waals surface area contributed by atoms with Crippen LogP contribution in [0.4, 0.5) is 4.79 Å². The molecule has 2 heterocycles. The molecule has 2 aliphatic rings. The van der Waals surface area contributed by atoms with Gasteiger partial charge in [-0.05, 0) is 62.6 Å². The van der Waals surface area contributed by atoms with E-state index in [1.165, 1.54) is 12.4 Å². The second-order valence-electron chi connectivity index (χ2n) is 15.9. The Labute approximate surface area is 312 Å². The molecule has 0 aliphatic carbocycles. The summed E-state index contributed by atoms with van der Waals surface area (Å²) in [6.07, 6.45) is 1.88. The highest BCUT2D eigenvalue weighted by molar-refractivity contribution is 6.17. The number of nitrogens with one attached hydrogen (secondary N) is 1. The first kappa shape index (κ1) is 39.3. The van der Waals surface area contributed by atoms with Gasteiger partial charge >= 0.3 is 6.09 Å². The molecule has 5 rings (SSSR count). The van der Waals surface area contributed by atoms with Gasteiger partial charge in [-0.3, -0.25) is 24.4 Å². The molecule has 53 heavy (non-hydrogen) atoms. The van der Waals surface area contributed by atoms with E-state index in [9.17, 15) is 19.5 Å². The monoisotopic (exact) mass is 720 g/mol. The number of Topliss-reactive ketones (excluding diaryl/α,β-unsaturated/α-hetero) is 2. The van der Waals surface area contributed by atoms with Gasteiger partial charge in [-0.15, -0.1) is 0 Å². The summed E-state index contributed by atoms with van der Waals surface area (Å²) in [6.45, 7) is 9.19. The number of aliphatic imine (C=N–C) groups is 2. The highest BCUT2D eigenvalue weighted by Gasteiger charge is 2.61. The Hall–Kier alpha value is -4.96. The van der Waals surface area contributed by atoms with Gasteiger partial charge in [-0.25, -0.2) is 4.79 Å². The lowest BCUT2D eigenvalue weighted by Gasteiger charge is -2.36. The molecule has 3 aromatic carbocycles. The highest BCUT2D eigenvalue weighted by Crippen LogP contribution is 2.45. The standard InChI is InChI=1S/C43H52N4O6/c1-28(2)23-43(37(49)33(26-46-43)32(39(44)51)21-29-15-9-6-10-16-29)34-27-45-42(38(34)50,24-31-19-13-8-14-20-31)25-36(48)35(22-30-17-11-7-12-18-30)47-40(52)53-41(3,4)5/h6-20,26-28,32-36,48H,21-25H2,1-5H3,(H2,44,51)(H,47,52)/t32-,33?,34?,35+,36+,42+,43+/m1/s1. The molecular weight excluding hydrogens is 668 g/mol. The van der Waals surface area contributed by atoms with Gasteiger partial charge in [0.2, 0.25) is 5.91 Å². The van der Waals surface area contributed by atoms with Crippen molar-refractivity contribution in [2.24, 2.45) is 39.4 Å². The fourth-order valence-electron chi connectivity index (χ4n) is 7.70. The van der Waals surface area contributed by atoms with Crippen LogP contribution in [0, 0.1) is 23.7 Å². The molecule has 3 aromatic rings. The summed E-state index contributed by atoms with van der Waals surface area (Å²) in [7, 11) is 0. The predicted octanol–water partition coefficient (Wildman–Crippen LogP) is 5.52. The number of carbonyl (C=O) groups excluding carboxylic acids is 4. The summed E-state index contributed by atoms with van der Waals surface area (Å²) < 4.78 is 5.55. The molecule has 7 atom stereocenters. The minimum Gasteiger partial charge on any atom is -0.444 e. The number of nitrogens with two attached hydrogens (primary N) is 1. The molecule has 0 saturated heterocycles. The van der Waals surface area contributed by atoms with Crippen LogP contribution in [0.1, 0.15) is 64.2 Å². The molecule has 2 aliphatic heterocycles. The SMILES string of the molecule is CC(C)C[C@@]1(C2C=N[C@@](Cc3ccccc3)(C[C@H](O)[C@H](Cc3ccccc3)NC(=O)OC(C)(C)C)C2=O)N=CC([C@@H](Cc2ccccc2)C(N)=O)C1=O. The Bertz CT molecular complexity index is 1810. The Morgan fingerprint density at radius 3 is 1.89 bits per heavy atom. The number of hydrogen-bond acceptors (Lipinski definition) is 8. The van der Waals surface area contributed by atoms with E-state index in [0.29, 0.717) is 0 Å². The predicted molar refractivity (Wildman–Crippen MR) is 206 cm³/mol. The van der Waals surface area contributed by atoms with Gasteiger partial charge in [0, 0.05) is 25.3 Å². The van der Waals surface area contributed by atoms with Crippen molar-refractivity contribution in [1.29, 1.82) is 0 Å². The number of ether oxygens (including phenoxy) is 1. The van der Waals surface area contributed by atoms with Crippen LogP contribution in [0.3, 0.4) is 0 Å². The van der Waals surface area contributed by atoms with Gasteiger partial charge in [-0.1, -0.05) is 105 Å². The lowest BCUT2D eigenvalue weighted by molar-refractivity contribution is -0.136. The van der Waals surface area contributed by atoms with E-state index in [1.54, 1.807) is 20.8 Å². The van der Waals surface area contributed by atoms with E-state index >= 15 is 4.79 Å². The van der Waals surface area contributed by atoms with E-state index in [-0.39, 0.29) is 49.6 Å². The van der Waals surface area contributed by atoms with Gasteiger partial charge in [0.1, 0.15) is 16.7 Å². The fourth-order valence-corrected chi connectivity index (χ4v) is 7.70.